The number of hydrogen-bond donors (Lipinski definition) is 3. The van der Waals surface area contributed by atoms with Gasteiger partial charge in [-0.3, -0.25) is 9.59 Å². The van der Waals surface area contributed by atoms with Gasteiger partial charge in [0.2, 0.25) is 0 Å². The number of Topliss-reactive ketones (excluding diaryl/α,β-unsaturated/α-hetero) is 1. The molecule has 0 saturated carbocycles. The molecular weight excluding hydrogens is 480 g/mol. The fourth-order valence-electron chi connectivity index (χ4n) is 5.02. The van der Waals surface area contributed by atoms with Gasteiger partial charge in [0.15, 0.2) is 5.78 Å². The summed E-state index contributed by atoms with van der Waals surface area (Å²) in [6.07, 6.45) is 0.481. The molecule has 1 aliphatic carbocycles. The fourth-order valence-corrected chi connectivity index (χ4v) is 5.02. The molecule has 0 fully saturated rings. The van der Waals surface area contributed by atoms with E-state index in [1.807, 2.05) is 48.5 Å². The van der Waals surface area contributed by atoms with E-state index in [1.54, 1.807) is 13.8 Å². The Hall–Kier alpha value is -3.97. The van der Waals surface area contributed by atoms with Crippen LogP contribution in [0.3, 0.4) is 0 Å². The number of alkyl carbamates (subject to hydrolysis) is 1. The Labute approximate surface area is 223 Å². The van der Waals surface area contributed by atoms with Crippen molar-refractivity contribution in [1.29, 1.82) is 0 Å². The van der Waals surface area contributed by atoms with Gasteiger partial charge < -0.3 is 20.9 Å². The molecule has 1 amide bonds. The highest BCUT2D eigenvalue weighted by atomic mass is 16.5. The second-order valence-electron chi connectivity index (χ2n) is 10.6. The minimum absolute atomic E-state index is 0.0364. The molecule has 0 aromatic heterocycles. The minimum atomic E-state index is -0.883. The molecule has 4 rings (SSSR count). The number of carbonyl (C=O) groups is 3. The second-order valence-corrected chi connectivity index (χ2v) is 10.6. The average Bonchev–Trinajstić information content (AvgIpc) is 3.20. The van der Waals surface area contributed by atoms with Crippen molar-refractivity contribution in [2.24, 2.45) is 11.1 Å². The lowest BCUT2D eigenvalue weighted by Crippen LogP contribution is -2.34. The topological polar surface area (TPSA) is 119 Å². The van der Waals surface area contributed by atoms with Crippen LogP contribution in [0.1, 0.15) is 48.4 Å². The summed E-state index contributed by atoms with van der Waals surface area (Å²) in [6.45, 7) is 3.41. The third kappa shape index (κ3) is 6.47. The largest absolute Gasteiger partial charge is 0.481 e. The number of ketones is 1. The zero-order chi connectivity index (χ0) is 27.3. The van der Waals surface area contributed by atoms with E-state index in [0.717, 1.165) is 33.4 Å². The first-order chi connectivity index (χ1) is 18.1. The van der Waals surface area contributed by atoms with Gasteiger partial charge in [-0.25, -0.2) is 4.79 Å². The van der Waals surface area contributed by atoms with Crippen LogP contribution in [0.15, 0.2) is 72.8 Å². The molecule has 0 aliphatic heterocycles. The molecule has 198 valence electrons. The van der Waals surface area contributed by atoms with Crippen molar-refractivity contribution in [3.05, 3.63) is 95.1 Å². The van der Waals surface area contributed by atoms with Crippen LogP contribution in [0.4, 0.5) is 4.79 Å². The van der Waals surface area contributed by atoms with Crippen molar-refractivity contribution < 1.29 is 24.2 Å². The molecule has 0 bridgehead atoms. The average molecular weight is 515 g/mol. The number of carboxylic acid groups (broad SMARTS) is 1. The summed E-state index contributed by atoms with van der Waals surface area (Å²) in [6, 6.07) is 23.5. The maximum absolute atomic E-state index is 12.4. The standard InChI is InChI=1S/C31H34N2O5/c1-31(2,29(35)36)17-22(32)15-20-11-13-21(14-12-20)16-23(34)18-33-30(37)38-19-28-26-9-5-3-7-24(26)25-8-4-6-10-27(25)28/h3-14,22,28H,15-19,32H2,1-2H3,(H,33,37)(H,35,36)/t22-/m0/s1. The SMILES string of the molecule is CC(C)(C[C@@H](N)Cc1ccc(CC(=O)CNC(=O)OCC2c3ccccc3-c3ccccc32)cc1)C(=O)O. The normalized spacial score (nSPS) is 13.3. The first-order valence-corrected chi connectivity index (χ1v) is 12.8. The van der Waals surface area contributed by atoms with E-state index in [2.05, 4.69) is 29.6 Å². The number of ether oxygens (including phenoxy) is 1. The van der Waals surface area contributed by atoms with Crippen LogP contribution in [0.5, 0.6) is 0 Å². The van der Waals surface area contributed by atoms with Crippen molar-refractivity contribution in [3.8, 4) is 11.1 Å². The summed E-state index contributed by atoms with van der Waals surface area (Å²) in [5.74, 6) is -1.04. The number of carbonyl (C=O) groups excluding carboxylic acids is 2. The van der Waals surface area contributed by atoms with Crippen LogP contribution in [-0.2, 0) is 27.2 Å². The fraction of sp³-hybridized carbons (Fsp3) is 0.323. The van der Waals surface area contributed by atoms with Crippen LogP contribution in [0.25, 0.3) is 11.1 Å². The van der Waals surface area contributed by atoms with Crippen molar-refractivity contribution in [2.45, 2.75) is 45.1 Å². The summed E-state index contributed by atoms with van der Waals surface area (Å²) in [4.78, 5) is 36.1. The van der Waals surface area contributed by atoms with E-state index >= 15 is 0 Å². The summed E-state index contributed by atoms with van der Waals surface area (Å²) in [7, 11) is 0. The van der Waals surface area contributed by atoms with E-state index < -0.39 is 17.5 Å². The van der Waals surface area contributed by atoms with Crippen molar-refractivity contribution >= 4 is 17.8 Å². The van der Waals surface area contributed by atoms with Gasteiger partial charge in [0, 0.05) is 18.4 Å². The lowest BCUT2D eigenvalue weighted by molar-refractivity contribution is -0.147. The molecule has 1 aliphatic rings. The van der Waals surface area contributed by atoms with Gasteiger partial charge in [-0.2, -0.15) is 0 Å². The number of nitrogens with one attached hydrogen (secondary N) is 1. The van der Waals surface area contributed by atoms with Crippen molar-refractivity contribution in [2.75, 3.05) is 13.2 Å². The molecule has 0 unspecified atom stereocenters. The molecule has 3 aromatic rings. The third-order valence-electron chi connectivity index (χ3n) is 7.05. The number of rotatable bonds is 11. The van der Waals surface area contributed by atoms with Gasteiger partial charge in [-0.05, 0) is 60.1 Å². The monoisotopic (exact) mass is 514 g/mol. The molecule has 0 spiro atoms. The van der Waals surface area contributed by atoms with Crippen LogP contribution in [-0.4, -0.2) is 42.1 Å². The number of hydrogen-bond acceptors (Lipinski definition) is 5. The van der Waals surface area contributed by atoms with Crippen molar-refractivity contribution in [1.82, 2.24) is 5.32 Å². The van der Waals surface area contributed by atoms with Crippen molar-refractivity contribution in [3.63, 3.8) is 0 Å². The third-order valence-corrected chi connectivity index (χ3v) is 7.05. The number of amides is 1. The number of carboxylic acids is 1. The number of benzene rings is 3. The first-order valence-electron chi connectivity index (χ1n) is 12.8. The van der Waals surface area contributed by atoms with Crippen LogP contribution in [0.2, 0.25) is 0 Å². The van der Waals surface area contributed by atoms with Gasteiger partial charge in [-0.1, -0.05) is 72.8 Å². The lowest BCUT2D eigenvalue weighted by Gasteiger charge is -2.23. The number of nitrogens with two attached hydrogens (primary N) is 1. The van der Waals surface area contributed by atoms with Crippen LogP contribution in [0, 0.1) is 5.41 Å². The Morgan fingerprint density at radius 3 is 2.05 bits per heavy atom. The summed E-state index contributed by atoms with van der Waals surface area (Å²) >= 11 is 0. The van der Waals surface area contributed by atoms with Gasteiger partial charge in [0.1, 0.15) is 6.61 Å². The highest BCUT2D eigenvalue weighted by Crippen LogP contribution is 2.44. The Bertz CT molecular complexity index is 1270. The maximum Gasteiger partial charge on any atom is 0.407 e. The van der Waals surface area contributed by atoms with E-state index in [0.29, 0.717) is 12.8 Å². The summed E-state index contributed by atoms with van der Waals surface area (Å²) in [5, 5.41) is 11.9. The Morgan fingerprint density at radius 2 is 1.47 bits per heavy atom. The molecule has 0 radical (unpaired) electrons. The molecule has 38 heavy (non-hydrogen) atoms. The van der Waals surface area contributed by atoms with Crippen LogP contribution < -0.4 is 11.1 Å². The molecule has 4 N–H and O–H groups in total. The summed E-state index contributed by atoms with van der Waals surface area (Å²) in [5.41, 5.74) is 11.7. The number of fused-ring (bicyclic) bond motifs is 3. The Morgan fingerprint density at radius 1 is 0.921 bits per heavy atom. The Balaban J connectivity index is 1.22. The highest BCUT2D eigenvalue weighted by molar-refractivity contribution is 5.86. The molecule has 3 aromatic carbocycles. The van der Waals surface area contributed by atoms with Gasteiger partial charge in [-0.15, -0.1) is 0 Å². The zero-order valence-corrected chi connectivity index (χ0v) is 21.8. The zero-order valence-electron chi connectivity index (χ0n) is 21.8. The van der Waals surface area contributed by atoms with Gasteiger partial charge in [0.05, 0.1) is 12.0 Å². The minimum Gasteiger partial charge on any atom is -0.481 e. The van der Waals surface area contributed by atoms with E-state index in [1.165, 1.54) is 0 Å². The molecule has 0 heterocycles. The maximum atomic E-state index is 12.4. The molecule has 0 saturated heterocycles. The van der Waals surface area contributed by atoms with Crippen LogP contribution >= 0.6 is 0 Å². The predicted octanol–water partition coefficient (Wildman–Crippen LogP) is 4.71. The van der Waals surface area contributed by atoms with Gasteiger partial charge >= 0.3 is 12.1 Å². The predicted molar refractivity (Wildman–Crippen MR) is 146 cm³/mol. The molecular formula is C31H34N2O5. The Kier molecular flexibility index (Phi) is 8.27. The number of aliphatic carboxylic acids is 1. The summed E-state index contributed by atoms with van der Waals surface area (Å²) < 4.78 is 5.49. The smallest absolute Gasteiger partial charge is 0.407 e. The van der Waals surface area contributed by atoms with E-state index in [4.69, 9.17) is 10.5 Å². The van der Waals surface area contributed by atoms with E-state index in [9.17, 15) is 19.5 Å². The quantitative estimate of drug-likeness (QED) is 0.341. The molecule has 7 heteroatoms. The lowest BCUT2D eigenvalue weighted by atomic mass is 9.84. The highest BCUT2D eigenvalue weighted by Gasteiger charge is 2.30. The molecule has 1 atom stereocenters. The molecule has 7 nitrogen and oxygen atoms in total. The second kappa shape index (κ2) is 11.6. The van der Waals surface area contributed by atoms with Gasteiger partial charge in [0.25, 0.3) is 0 Å². The first kappa shape index (κ1) is 27.1. The van der Waals surface area contributed by atoms with E-state index in [-0.39, 0.29) is 37.3 Å².